The van der Waals surface area contributed by atoms with Crippen molar-refractivity contribution in [3.05, 3.63) is 0 Å². The number of carboxylic acids is 1. The minimum Gasteiger partial charge on any atom is -0.477 e. The van der Waals surface area contributed by atoms with Crippen molar-refractivity contribution in [1.82, 2.24) is 0 Å². The van der Waals surface area contributed by atoms with Gasteiger partial charge in [-0.3, -0.25) is 0 Å². The van der Waals surface area contributed by atoms with Crippen LogP contribution in [0.25, 0.3) is 0 Å². The molecule has 0 aliphatic rings. The summed E-state index contributed by atoms with van der Waals surface area (Å²) in [4.78, 5) is 9.20. The molecule has 0 radical (unpaired) electrons. The van der Waals surface area contributed by atoms with Crippen LogP contribution in [0, 0.1) is 31.1 Å². The molecule has 0 fully saturated rings. The quantitative estimate of drug-likeness (QED) is 0.505. The van der Waals surface area contributed by atoms with Crippen molar-refractivity contribution < 1.29 is 51.2 Å². The van der Waals surface area contributed by atoms with E-state index in [1.54, 1.807) is 0 Å². The SMILES string of the molecule is O=C(O)C(O)O.[U]. The minimum absolute atomic E-state index is 0. The Bertz CT molecular complexity index is 60.7. The molecule has 0 rings (SSSR count). The number of carboxylic acid groups (broad SMARTS) is 1. The largest absolute Gasteiger partial charge is 0.477 e. The molecule has 5 heteroatoms. The van der Waals surface area contributed by atoms with Gasteiger partial charge in [0.2, 0.25) is 0 Å². The Kier molecular flexibility index (Phi) is 6.85. The number of aliphatic hydroxyl groups excluding tert-OH is 1. The van der Waals surface area contributed by atoms with E-state index in [2.05, 4.69) is 0 Å². The second-order valence-corrected chi connectivity index (χ2v) is 0.712. The Morgan fingerprint density at radius 2 is 1.57 bits per heavy atom. The van der Waals surface area contributed by atoms with Crippen LogP contribution in [0.1, 0.15) is 0 Å². The molecule has 0 saturated heterocycles. The predicted octanol–water partition coefficient (Wildman–Crippen LogP) is -1.62. The number of hydrogen-bond acceptors (Lipinski definition) is 3. The van der Waals surface area contributed by atoms with Crippen LogP contribution in [-0.4, -0.2) is 27.6 Å². The van der Waals surface area contributed by atoms with Gasteiger partial charge in [0.1, 0.15) is 0 Å². The van der Waals surface area contributed by atoms with E-state index in [1.807, 2.05) is 0 Å². The Hall–Kier alpha value is 0.442. The van der Waals surface area contributed by atoms with Gasteiger partial charge in [-0.2, -0.15) is 0 Å². The Balaban J connectivity index is 0. The predicted molar refractivity (Wildman–Crippen MR) is 15.9 cm³/mol. The fourth-order valence-corrected chi connectivity index (χ4v) is 0. The van der Waals surface area contributed by atoms with Crippen LogP contribution >= 0.6 is 0 Å². The van der Waals surface area contributed by atoms with E-state index >= 15 is 0 Å². The third kappa shape index (κ3) is 6.44. The summed E-state index contributed by atoms with van der Waals surface area (Å²) in [5.41, 5.74) is 0. The molecule has 0 unspecified atom stereocenters. The molecule has 0 saturated carbocycles. The molecule has 0 aliphatic heterocycles. The molecule has 0 aliphatic carbocycles. The molecule has 4 nitrogen and oxygen atoms in total. The molecule has 0 atom stereocenters. The van der Waals surface area contributed by atoms with Crippen molar-refractivity contribution in [3.8, 4) is 0 Å². The maximum Gasteiger partial charge on any atom is 0.360 e. The number of aliphatic carboxylic acids is 1. The monoisotopic (exact) mass is 330 g/mol. The van der Waals surface area contributed by atoms with E-state index < -0.39 is 12.3 Å². The number of aliphatic hydroxyl groups is 2. The van der Waals surface area contributed by atoms with Crippen LogP contribution in [-0.2, 0) is 4.79 Å². The minimum atomic E-state index is -2.23. The Morgan fingerprint density at radius 1 is 1.43 bits per heavy atom. The molecule has 0 aromatic carbocycles. The smallest absolute Gasteiger partial charge is 0.360 e. The Labute approximate surface area is 63.5 Å². The second kappa shape index (κ2) is 4.60. The zero-order chi connectivity index (χ0) is 5.15. The van der Waals surface area contributed by atoms with Crippen LogP contribution < -0.4 is 0 Å². The van der Waals surface area contributed by atoms with E-state index in [4.69, 9.17) is 15.3 Å². The van der Waals surface area contributed by atoms with Gasteiger partial charge in [-0.1, -0.05) is 0 Å². The summed E-state index contributed by atoms with van der Waals surface area (Å²) in [6.07, 6.45) is -2.23. The molecule has 0 spiro atoms. The Morgan fingerprint density at radius 3 is 1.57 bits per heavy atom. The van der Waals surface area contributed by atoms with Gasteiger partial charge in [0.25, 0.3) is 6.29 Å². The average molecular weight is 330 g/mol. The van der Waals surface area contributed by atoms with E-state index in [1.165, 1.54) is 0 Å². The van der Waals surface area contributed by atoms with E-state index in [9.17, 15) is 4.79 Å². The summed E-state index contributed by atoms with van der Waals surface area (Å²) in [6, 6.07) is 0. The average Bonchev–Trinajstić information content (AvgIpc) is 1.36. The van der Waals surface area contributed by atoms with Gasteiger partial charge in [0.05, 0.1) is 0 Å². The van der Waals surface area contributed by atoms with Gasteiger partial charge in [-0.05, 0) is 0 Å². The summed E-state index contributed by atoms with van der Waals surface area (Å²) < 4.78 is 0. The van der Waals surface area contributed by atoms with Gasteiger partial charge >= 0.3 is 5.97 Å². The fourth-order valence-electron chi connectivity index (χ4n) is 0. The first kappa shape index (κ1) is 10.4. The molecule has 3 N–H and O–H groups in total. The van der Waals surface area contributed by atoms with Gasteiger partial charge < -0.3 is 15.3 Å². The van der Waals surface area contributed by atoms with E-state index in [0.29, 0.717) is 0 Å². The van der Waals surface area contributed by atoms with Crippen molar-refractivity contribution in [2.75, 3.05) is 0 Å². The van der Waals surface area contributed by atoms with Crippen LogP contribution in [0.5, 0.6) is 0 Å². The number of hydrogen-bond donors (Lipinski definition) is 3. The standard InChI is InChI=1S/C2H4O4.U/c3-1(4)2(5)6;/h1,3-4H,(H,5,6);. The second-order valence-electron chi connectivity index (χ2n) is 0.712. The first-order chi connectivity index (χ1) is 2.64. The summed E-state index contributed by atoms with van der Waals surface area (Å²) in [6.45, 7) is 0. The molecule has 40 valence electrons. The molecule has 0 amide bonds. The van der Waals surface area contributed by atoms with E-state index in [-0.39, 0.29) is 31.1 Å². The van der Waals surface area contributed by atoms with Gasteiger partial charge in [0.15, 0.2) is 0 Å². The van der Waals surface area contributed by atoms with Crippen molar-refractivity contribution in [2.24, 2.45) is 0 Å². The maximum absolute atomic E-state index is 9.20. The van der Waals surface area contributed by atoms with Crippen LogP contribution in [0.15, 0.2) is 0 Å². The maximum atomic E-state index is 9.20. The fraction of sp³-hybridized carbons (Fsp3) is 0.500. The first-order valence-corrected chi connectivity index (χ1v) is 1.23. The topological polar surface area (TPSA) is 77.8 Å². The molecule has 0 bridgehead atoms. The summed E-state index contributed by atoms with van der Waals surface area (Å²) >= 11 is 0. The van der Waals surface area contributed by atoms with Gasteiger partial charge in [-0.15, -0.1) is 0 Å². The van der Waals surface area contributed by atoms with Gasteiger partial charge in [0, 0.05) is 31.1 Å². The molecular weight excluding hydrogens is 326 g/mol. The van der Waals surface area contributed by atoms with Crippen molar-refractivity contribution in [3.63, 3.8) is 0 Å². The third-order valence-corrected chi connectivity index (χ3v) is 0.221. The number of rotatable bonds is 1. The zero-order valence-electron chi connectivity index (χ0n) is 3.33. The molecule has 0 aromatic rings. The van der Waals surface area contributed by atoms with Crippen molar-refractivity contribution in [1.29, 1.82) is 0 Å². The van der Waals surface area contributed by atoms with E-state index in [0.717, 1.165) is 0 Å². The molecule has 0 aromatic heterocycles. The molecular formula is C2H4O4U. The number of carbonyl (C=O) groups is 1. The summed E-state index contributed by atoms with van der Waals surface area (Å²) in [7, 11) is 0. The summed E-state index contributed by atoms with van der Waals surface area (Å²) in [5.74, 6) is -1.63. The van der Waals surface area contributed by atoms with Crippen LogP contribution in [0.4, 0.5) is 0 Å². The zero-order valence-corrected chi connectivity index (χ0v) is 7.49. The van der Waals surface area contributed by atoms with Gasteiger partial charge in [-0.25, -0.2) is 4.79 Å². The summed E-state index contributed by atoms with van der Waals surface area (Å²) in [5, 5.41) is 22.7. The van der Waals surface area contributed by atoms with Crippen LogP contribution in [0.3, 0.4) is 0 Å². The third-order valence-electron chi connectivity index (χ3n) is 0.221. The van der Waals surface area contributed by atoms with Crippen molar-refractivity contribution in [2.45, 2.75) is 6.29 Å². The normalized spacial score (nSPS) is 7.86. The first-order valence-electron chi connectivity index (χ1n) is 1.23. The van der Waals surface area contributed by atoms with Crippen LogP contribution in [0.2, 0.25) is 0 Å². The van der Waals surface area contributed by atoms with Crippen molar-refractivity contribution >= 4 is 5.97 Å². The molecule has 0 heterocycles. The molecule has 7 heavy (non-hydrogen) atoms.